The number of aliphatic hydroxyl groups excluding tert-OH is 2. The smallest absolute Gasteiger partial charge is 0.862 e. The fourth-order valence-electron chi connectivity index (χ4n) is 3.44. The van der Waals surface area contributed by atoms with Crippen molar-refractivity contribution in [1.82, 2.24) is 15.1 Å². The van der Waals surface area contributed by atoms with Crippen LogP contribution in [0, 0.1) is 0 Å². The SMILES string of the molecule is C/C=C/CCCCC(=O)NCN(CC(=O)O)CC(C)O.C/C=C/CCCCC([O-])=NCN(CC(=O)[O-])CC(C)O.[Ca+2]. The molecule has 0 rings (SSSR count). The molecule has 0 bridgehead atoms. The summed E-state index contributed by atoms with van der Waals surface area (Å²) in [4.78, 5) is 39.5. The summed E-state index contributed by atoms with van der Waals surface area (Å²) in [6.45, 7) is 6.98. The maximum Gasteiger partial charge on any atom is 2.00 e. The van der Waals surface area contributed by atoms with Gasteiger partial charge in [-0.25, -0.2) is 0 Å². The summed E-state index contributed by atoms with van der Waals surface area (Å²) in [6.07, 6.45) is 13.0. The minimum Gasteiger partial charge on any atom is -0.862 e. The molecule has 0 saturated heterocycles. The van der Waals surface area contributed by atoms with E-state index in [2.05, 4.69) is 16.4 Å². The average molecular weight is 611 g/mol. The summed E-state index contributed by atoms with van der Waals surface area (Å²) in [5.74, 6) is -2.56. The van der Waals surface area contributed by atoms with Crippen LogP contribution < -0.4 is 15.5 Å². The number of amides is 1. The molecule has 0 aliphatic carbocycles. The molecule has 13 heteroatoms. The van der Waals surface area contributed by atoms with E-state index in [1.165, 1.54) is 9.80 Å². The normalized spacial score (nSPS) is 13.1. The number of unbranched alkanes of at least 4 members (excludes halogenated alkanes) is 4. The summed E-state index contributed by atoms with van der Waals surface area (Å²) in [5, 5.41) is 52.0. The molecular formula is C28H50CaN4O8. The van der Waals surface area contributed by atoms with Crippen LogP contribution in [0.1, 0.15) is 79.1 Å². The molecule has 0 saturated carbocycles. The molecule has 4 N–H and O–H groups in total. The summed E-state index contributed by atoms with van der Waals surface area (Å²) >= 11 is 0. The van der Waals surface area contributed by atoms with Crippen molar-refractivity contribution in [2.75, 3.05) is 39.5 Å². The van der Waals surface area contributed by atoms with Crippen LogP contribution in [0.4, 0.5) is 0 Å². The first-order valence-electron chi connectivity index (χ1n) is 13.8. The van der Waals surface area contributed by atoms with Gasteiger partial charge in [0, 0.05) is 26.1 Å². The number of aliphatic hydroxyl groups is 2. The number of carbonyl (C=O) groups excluding carboxylic acids is 2. The van der Waals surface area contributed by atoms with Crippen molar-refractivity contribution in [2.45, 2.75) is 91.3 Å². The van der Waals surface area contributed by atoms with Gasteiger partial charge in [0.1, 0.15) is 0 Å². The van der Waals surface area contributed by atoms with E-state index >= 15 is 0 Å². The minimum atomic E-state index is -1.25. The predicted octanol–water partition coefficient (Wildman–Crippen LogP) is -0.145. The fraction of sp³-hybridized carbons (Fsp3) is 0.714. The number of carboxylic acids is 2. The predicted molar refractivity (Wildman–Crippen MR) is 157 cm³/mol. The molecule has 0 radical (unpaired) electrons. The molecule has 0 spiro atoms. The maximum atomic E-state index is 11.6. The van der Waals surface area contributed by atoms with Crippen LogP contribution in [0.2, 0.25) is 0 Å². The molecule has 2 unspecified atom stereocenters. The van der Waals surface area contributed by atoms with E-state index in [1.807, 2.05) is 32.1 Å². The molecule has 2 atom stereocenters. The summed E-state index contributed by atoms with van der Waals surface area (Å²) in [6, 6.07) is 0. The van der Waals surface area contributed by atoms with E-state index in [-0.39, 0.29) is 89.1 Å². The number of aliphatic imine (C=N–C) groups is 1. The molecule has 0 aliphatic rings. The van der Waals surface area contributed by atoms with Crippen LogP contribution in [0.3, 0.4) is 0 Å². The van der Waals surface area contributed by atoms with Gasteiger partial charge in [-0.3, -0.25) is 24.4 Å². The molecule has 0 aliphatic heterocycles. The molecule has 0 aromatic rings. The standard InChI is InChI=1S/2C14H26N2O4.Ca/c2*1-3-4-5-6-7-8-13(18)15-11-16(9-12(2)17)10-14(19)20;/h2*3-4,12,17H,5-11H2,1-2H3,(H,15,18)(H,19,20);/q;;+2/p-2/b2*4-3+;. The topological polar surface area (TPSA) is 189 Å². The summed E-state index contributed by atoms with van der Waals surface area (Å²) < 4.78 is 0. The van der Waals surface area contributed by atoms with Crippen LogP contribution in [-0.4, -0.2) is 138 Å². The van der Waals surface area contributed by atoms with Gasteiger partial charge >= 0.3 is 43.7 Å². The van der Waals surface area contributed by atoms with Gasteiger partial charge in [0.05, 0.1) is 38.1 Å². The Kier molecular flexibility index (Phi) is 32.1. The first kappa shape index (κ1) is 43.9. The Balaban J connectivity index is -0.000000688. The third-order valence-corrected chi connectivity index (χ3v) is 5.21. The Hall–Kier alpha value is -1.54. The third kappa shape index (κ3) is 34.6. The molecular weight excluding hydrogens is 560 g/mol. The van der Waals surface area contributed by atoms with E-state index in [4.69, 9.17) is 5.11 Å². The number of hydrogen-bond donors (Lipinski definition) is 4. The number of carboxylic acid groups (broad SMARTS) is 2. The molecule has 0 aromatic heterocycles. The van der Waals surface area contributed by atoms with Crippen LogP contribution in [0.25, 0.3) is 0 Å². The number of rotatable bonds is 22. The second-order valence-electron chi connectivity index (χ2n) is 9.57. The van der Waals surface area contributed by atoms with E-state index in [1.54, 1.807) is 13.8 Å². The Morgan fingerprint density at radius 2 is 1.37 bits per heavy atom. The van der Waals surface area contributed by atoms with Gasteiger partial charge in [-0.1, -0.05) is 24.3 Å². The minimum absolute atomic E-state index is 0. The zero-order valence-corrected chi connectivity index (χ0v) is 27.5. The van der Waals surface area contributed by atoms with Gasteiger partial charge in [-0.15, -0.1) is 0 Å². The van der Waals surface area contributed by atoms with Gasteiger partial charge in [0.15, 0.2) is 0 Å². The van der Waals surface area contributed by atoms with Crippen molar-refractivity contribution >= 4 is 61.5 Å². The van der Waals surface area contributed by atoms with E-state index in [9.17, 15) is 34.8 Å². The number of nitrogens with zero attached hydrogens (tertiary/aromatic N) is 3. The molecule has 41 heavy (non-hydrogen) atoms. The first-order valence-corrected chi connectivity index (χ1v) is 13.8. The van der Waals surface area contributed by atoms with Crippen molar-refractivity contribution in [3.8, 4) is 0 Å². The van der Waals surface area contributed by atoms with Gasteiger partial charge in [0.25, 0.3) is 0 Å². The van der Waals surface area contributed by atoms with E-state index in [0.29, 0.717) is 12.8 Å². The van der Waals surface area contributed by atoms with Crippen molar-refractivity contribution in [3.05, 3.63) is 24.3 Å². The molecule has 232 valence electrons. The van der Waals surface area contributed by atoms with E-state index in [0.717, 1.165) is 38.5 Å². The van der Waals surface area contributed by atoms with Crippen molar-refractivity contribution in [3.63, 3.8) is 0 Å². The zero-order chi connectivity index (χ0) is 30.8. The molecule has 0 heterocycles. The first-order chi connectivity index (χ1) is 18.9. The number of carbonyl (C=O) groups is 3. The van der Waals surface area contributed by atoms with Gasteiger partial charge < -0.3 is 35.6 Å². The maximum absolute atomic E-state index is 11.6. The fourth-order valence-corrected chi connectivity index (χ4v) is 3.44. The Labute approximate surface area is 275 Å². The van der Waals surface area contributed by atoms with Gasteiger partial charge in [-0.05, 0) is 78.5 Å². The number of nitrogens with one attached hydrogen (secondary N) is 1. The second kappa shape index (κ2) is 29.9. The molecule has 0 fully saturated rings. The van der Waals surface area contributed by atoms with Crippen molar-refractivity contribution < 1.29 is 39.9 Å². The summed E-state index contributed by atoms with van der Waals surface area (Å²) in [5.41, 5.74) is 0. The quantitative estimate of drug-likeness (QED) is 0.0321. The van der Waals surface area contributed by atoms with Crippen LogP contribution in [0.5, 0.6) is 0 Å². The van der Waals surface area contributed by atoms with Crippen LogP contribution in [0.15, 0.2) is 29.3 Å². The largest absolute Gasteiger partial charge is 2.00 e. The number of hydrogen-bond acceptors (Lipinski definition) is 10. The zero-order valence-electron chi connectivity index (χ0n) is 25.3. The number of allylic oxidation sites excluding steroid dienone is 4. The number of aliphatic carboxylic acids is 2. The molecule has 12 nitrogen and oxygen atoms in total. The van der Waals surface area contributed by atoms with E-state index < -0.39 is 24.1 Å². The van der Waals surface area contributed by atoms with Crippen molar-refractivity contribution in [1.29, 1.82) is 0 Å². The average Bonchev–Trinajstić information content (AvgIpc) is 2.84. The van der Waals surface area contributed by atoms with Gasteiger partial charge in [0.2, 0.25) is 5.91 Å². The Morgan fingerprint density at radius 1 is 0.854 bits per heavy atom. The Morgan fingerprint density at radius 3 is 1.83 bits per heavy atom. The van der Waals surface area contributed by atoms with Crippen LogP contribution in [-0.2, 0) is 14.4 Å². The second-order valence-corrected chi connectivity index (χ2v) is 9.57. The third-order valence-electron chi connectivity index (χ3n) is 5.21. The Bertz CT molecular complexity index is 776. The summed E-state index contributed by atoms with van der Waals surface area (Å²) in [7, 11) is 0. The van der Waals surface area contributed by atoms with Crippen molar-refractivity contribution in [2.24, 2.45) is 4.99 Å². The van der Waals surface area contributed by atoms with Crippen LogP contribution >= 0.6 is 0 Å². The van der Waals surface area contributed by atoms with Gasteiger partial charge in [-0.2, -0.15) is 0 Å². The monoisotopic (exact) mass is 610 g/mol. The molecule has 1 amide bonds. The molecule has 0 aromatic carbocycles.